The first kappa shape index (κ1) is 20.5. The lowest BCUT2D eigenvalue weighted by molar-refractivity contribution is 0.108. The van der Waals surface area contributed by atoms with Gasteiger partial charge in [0, 0.05) is 22.7 Å². The number of aliphatic hydroxyl groups excluding tert-OH is 1. The summed E-state index contributed by atoms with van der Waals surface area (Å²) in [5, 5.41) is 13.2. The van der Waals surface area contributed by atoms with Crippen molar-refractivity contribution in [3.8, 4) is 17.1 Å². The largest absolute Gasteiger partial charge is 0.491 e. The molecule has 0 aliphatic carbocycles. The maximum absolute atomic E-state index is 9.84. The van der Waals surface area contributed by atoms with Crippen molar-refractivity contribution in [2.24, 2.45) is 0 Å². The third-order valence-electron chi connectivity index (χ3n) is 4.46. The molecule has 0 saturated carbocycles. The number of nitrogens with two attached hydrogens (primary N) is 1. The van der Waals surface area contributed by atoms with Gasteiger partial charge in [0.1, 0.15) is 24.3 Å². The molecule has 0 fully saturated rings. The van der Waals surface area contributed by atoms with Crippen molar-refractivity contribution in [2.45, 2.75) is 19.4 Å². The van der Waals surface area contributed by atoms with Crippen molar-refractivity contribution in [3.05, 3.63) is 40.6 Å². The fourth-order valence-corrected chi connectivity index (χ4v) is 3.21. The first-order valence-electron chi connectivity index (χ1n) is 9.15. The van der Waals surface area contributed by atoms with Gasteiger partial charge in [-0.1, -0.05) is 17.7 Å². The van der Waals surface area contributed by atoms with Crippen LogP contribution in [-0.4, -0.2) is 54.6 Å². The van der Waals surface area contributed by atoms with E-state index in [4.69, 9.17) is 31.8 Å². The first-order chi connectivity index (χ1) is 13.5. The zero-order valence-corrected chi connectivity index (χ0v) is 16.8. The fourth-order valence-electron chi connectivity index (χ4n) is 2.98. The zero-order valence-electron chi connectivity index (χ0n) is 16.0. The molecule has 0 spiro atoms. The molecule has 4 N–H and O–H groups in total. The summed E-state index contributed by atoms with van der Waals surface area (Å²) in [6, 6.07) is 5.26. The van der Waals surface area contributed by atoms with Gasteiger partial charge < -0.3 is 25.6 Å². The molecule has 7 nitrogen and oxygen atoms in total. The Balaban J connectivity index is 1.92. The number of rotatable bonds is 7. The van der Waals surface area contributed by atoms with Crippen LogP contribution < -0.4 is 15.8 Å². The minimum atomic E-state index is -0.620. The second kappa shape index (κ2) is 9.34. The summed E-state index contributed by atoms with van der Waals surface area (Å²) in [5.41, 5.74) is 9.65. The van der Waals surface area contributed by atoms with Crippen LogP contribution in [0.2, 0.25) is 5.02 Å². The summed E-state index contributed by atoms with van der Waals surface area (Å²) in [5.74, 6) is 1.44. The number of aromatic nitrogens is 2. The Bertz CT molecular complexity index is 873. The predicted molar refractivity (Wildman–Crippen MR) is 110 cm³/mol. The summed E-state index contributed by atoms with van der Waals surface area (Å²) in [6.07, 6.45) is 2.19. The Morgan fingerprint density at radius 3 is 2.89 bits per heavy atom. The van der Waals surface area contributed by atoms with Crippen molar-refractivity contribution in [1.29, 1.82) is 0 Å². The quantitative estimate of drug-likeness (QED) is 0.651. The van der Waals surface area contributed by atoms with Crippen LogP contribution in [0.3, 0.4) is 0 Å². The summed E-state index contributed by atoms with van der Waals surface area (Å²) in [6.45, 7) is 3.73. The number of nitrogens with zero attached hydrogens (tertiary/aromatic N) is 2. The number of ether oxygens (including phenoxy) is 2. The van der Waals surface area contributed by atoms with Gasteiger partial charge in [-0.05, 0) is 44.2 Å². The minimum Gasteiger partial charge on any atom is -0.491 e. The lowest BCUT2D eigenvalue weighted by atomic mass is 10.0. The number of hydrogen-bond acceptors (Lipinski definition) is 7. The van der Waals surface area contributed by atoms with Crippen molar-refractivity contribution >= 4 is 23.0 Å². The Hall–Kier alpha value is -2.19. The van der Waals surface area contributed by atoms with Crippen molar-refractivity contribution < 1.29 is 14.6 Å². The van der Waals surface area contributed by atoms with Gasteiger partial charge >= 0.3 is 0 Å². The Labute approximate surface area is 169 Å². The highest BCUT2D eigenvalue weighted by Crippen LogP contribution is 2.31. The van der Waals surface area contributed by atoms with Crippen LogP contribution in [0.15, 0.2) is 24.3 Å². The van der Waals surface area contributed by atoms with E-state index < -0.39 is 6.10 Å². The van der Waals surface area contributed by atoms with E-state index in [9.17, 15) is 5.11 Å². The van der Waals surface area contributed by atoms with E-state index >= 15 is 0 Å². The van der Waals surface area contributed by atoms with Gasteiger partial charge in [-0.2, -0.15) is 0 Å². The SMILES string of the molecule is CNCC(O)COc1cc(Cl)cc(-c2nc(N)c(C)c(C3=CCOCC3)n2)c1. The van der Waals surface area contributed by atoms with Crippen molar-refractivity contribution in [2.75, 3.05) is 39.1 Å². The van der Waals surface area contributed by atoms with Gasteiger partial charge in [-0.25, -0.2) is 9.97 Å². The van der Waals surface area contributed by atoms with E-state index in [-0.39, 0.29) is 6.61 Å². The molecule has 0 saturated heterocycles. The van der Waals surface area contributed by atoms with E-state index in [0.29, 0.717) is 47.7 Å². The molecule has 28 heavy (non-hydrogen) atoms. The first-order valence-corrected chi connectivity index (χ1v) is 9.53. The normalized spacial score (nSPS) is 15.2. The number of halogens is 1. The molecule has 1 aromatic carbocycles. The molecular weight excluding hydrogens is 380 g/mol. The molecular formula is C20H25ClN4O3. The summed E-state index contributed by atoms with van der Waals surface area (Å²) in [4.78, 5) is 9.19. The second-order valence-electron chi connectivity index (χ2n) is 6.66. The Morgan fingerprint density at radius 1 is 1.36 bits per heavy atom. The Morgan fingerprint density at radius 2 is 2.18 bits per heavy atom. The van der Waals surface area contributed by atoms with Crippen LogP contribution in [0.5, 0.6) is 5.75 Å². The topological polar surface area (TPSA) is 103 Å². The average Bonchev–Trinajstić information content (AvgIpc) is 2.69. The smallest absolute Gasteiger partial charge is 0.162 e. The van der Waals surface area contributed by atoms with Crippen LogP contribution in [0.1, 0.15) is 17.7 Å². The highest BCUT2D eigenvalue weighted by Gasteiger charge is 2.17. The number of hydrogen-bond donors (Lipinski definition) is 3. The molecule has 1 aliphatic heterocycles. The standard InChI is InChI=1S/C20H25ClN4O3/c1-12-18(13-3-5-27-6-4-13)24-20(25-19(12)22)14-7-15(21)9-17(8-14)28-11-16(26)10-23-2/h3,7-9,16,23,26H,4-6,10-11H2,1-2H3,(H2,22,24,25). The zero-order chi connectivity index (χ0) is 20.1. The van der Waals surface area contributed by atoms with E-state index in [0.717, 1.165) is 23.3 Å². The lowest BCUT2D eigenvalue weighted by Gasteiger charge is -2.17. The van der Waals surface area contributed by atoms with E-state index in [1.807, 2.05) is 13.0 Å². The van der Waals surface area contributed by atoms with Crippen molar-refractivity contribution in [3.63, 3.8) is 0 Å². The summed E-state index contributed by atoms with van der Waals surface area (Å²) < 4.78 is 11.1. The number of benzene rings is 1. The predicted octanol–water partition coefficient (Wildman–Crippen LogP) is 2.45. The summed E-state index contributed by atoms with van der Waals surface area (Å²) in [7, 11) is 1.77. The average molecular weight is 405 g/mol. The van der Waals surface area contributed by atoms with E-state index in [1.54, 1.807) is 25.2 Å². The van der Waals surface area contributed by atoms with E-state index in [1.165, 1.54) is 0 Å². The number of nitrogens with one attached hydrogen (secondary N) is 1. The van der Waals surface area contributed by atoms with Gasteiger partial charge in [0.2, 0.25) is 0 Å². The lowest BCUT2D eigenvalue weighted by Crippen LogP contribution is -2.29. The minimum absolute atomic E-state index is 0.148. The van der Waals surface area contributed by atoms with Gasteiger partial charge in [-0.3, -0.25) is 0 Å². The third-order valence-corrected chi connectivity index (χ3v) is 4.68. The number of anilines is 1. The molecule has 3 rings (SSSR count). The summed E-state index contributed by atoms with van der Waals surface area (Å²) >= 11 is 6.27. The second-order valence-corrected chi connectivity index (χ2v) is 7.09. The number of nitrogen functional groups attached to an aromatic ring is 1. The van der Waals surface area contributed by atoms with Crippen molar-refractivity contribution in [1.82, 2.24) is 15.3 Å². The highest BCUT2D eigenvalue weighted by molar-refractivity contribution is 6.31. The van der Waals surface area contributed by atoms with Crippen LogP contribution in [0.25, 0.3) is 17.0 Å². The monoisotopic (exact) mass is 404 g/mol. The molecule has 2 heterocycles. The molecule has 0 bridgehead atoms. The molecule has 8 heteroatoms. The van der Waals surface area contributed by atoms with Gasteiger partial charge in [0.25, 0.3) is 0 Å². The van der Waals surface area contributed by atoms with E-state index in [2.05, 4.69) is 10.3 Å². The maximum atomic E-state index is 9.84. The highest BCUT2D eigenvalue weighted by atomic mass is 35.5. The fraction of sp³-hybridized carbons (Fsp3) is 0.400. The van der Waals surface area contributed by atoms with Crippen LogP contribution in [0, 0.1) is 6.92 Å². The Kier molecular flexibility index (Phi) is 6.85. The van der Waals surface area contributed by atoms with Crippen LogP contribution in [-0.2, 0) is 4.74 Å². The van der Waals surface area contributed by atoms with Crippen LogP contribution >= 0.6 is 11.6 Å². The van der Waals surface area contributed by atoms with Gasteiger partial charge in [-0.15, -0.1) is 0 Å². The molecule has 0 amide bonds. The molecule has 0 radical (unpaired) electrons. The molecule has 1 unspecified atom stereocenters. The maximum Gasteiger partial charge on any atom is 0.162 e. The number of likely N-dealkylation sites (N-methyl/N-ethyl adjacent to an activating group) is 1. The number of aliphatic hydroxyl groups is 1. The van der Waals surface area contributed by atoms with Gasteiger partial charge in [0.15, 0.2) is 5.82 Å². The molecule has 2 aromatic rings. The van der Waals surface area contributed by atoms with Gasteiger partial charge in [0.05, 0.1) is 18.9 Å². The van der Waals surface area contributed by atoms with Crippen LogP contribution in [0.4, 0.5) is 5.82 Å². The molecule has 1 atom stereocenters. The molecule has 1 aliphatic rings. The third kappa shape index (κ3) is 4.99. The molecule has 1 aromatic heterocycles. The molecule has 150 valence electrons.